The Labute approximate surface area is 176 Å². The summed E-state index contributed by atoms with van der Waals surface area (Å²) in [7, 11) is 1.60. The van der Waals surface area contributed by atoms with Gasteiger partial charge in [0, 0.05) is 51.5 Å². The molecule has 2 aliphatic rings. The van der Waals surface area contributed by atoms with Crippen molar-refractivity contribution in [3.8, 4) is 11.5 Å². The largest absolute Gasteiger partial charge is 0.497 e. The Hall–Kier alpha value is -3.07. The molecule has 2 aliphatic heterocycles. The summed E-state index contributed by atoms with van der Waals surface area (Å²) in [6.07, 6.45) is 1.80. The Morgan fingerprint density at radius 1 is 1.03 bits per heavy atom. The maximum Gasteiger partial charge on any atom is 0.260 e. The normalized spacial score (nSPS) is 17.0. The lowest BCUT2D eigenvalue weighted by Gasteiger charge is -2.35. The molecule has 30 heavy (non-hydrogen) atoms. The third-order valence-electron chi connectivity index (χ3n) is 5.28. The van der Waals surface area contributed by atoms with Crippen molar-refractivity contribution >= 4 is 17.7 Å². The van der Waals surface area contributed by atoms with Gasteiger partial charge in [-0.2, -0.15) is 4.98 Å². The van der Waals surface area contributed by atoms with E-state index >= 15 is 0 Å². The minimum absolute atomic E-state index is 0.0157. The number of aromatic nitrogens is 2. The number of rotatable bonds is 6. The summed E-state index contributed by atoms with van der Waals surface area (Å²) >= 11 is 0. The Balaban J connectivity index is 1.28. The molecule has 2 fully saturated rings. The van der Waals surface area contributed by atoms with Gasteiger partial charge in [-0.1, -0.05) is 6.07 Å². The van der Waals surface area contributed by atoms with Gasteiger partial charge in [-0.25, -0.2) is 4.98 Å². The van der Waals surface area contributed by atoms with Crippen molar-refractivity contribution in [3.63, 3.8) is 0 Å². The minimum Gasteiger partial charge on any atom is -0.497 e. The smallest absolute Gasteiger partial charge is 0.260 e. The molecule has 2 aromatic rings. The van der Waals surface area contributed by atoms with E-state index in [0.717, 1.165) is 37.9 Å². The van der Waals surface area contributed by atoms with Gasteiger partial charge < -0.3 is 28.9 Å². The Morgan fingerprint density at radius 2 is 1.80 bits per heavy atom. The Morgan fingerprint density at radius 3 is 2.57 bits per heavy atom. The summed E-state index contributed by atoms with van der Waals surface area (Å²) in [4.78, 5) is 27.8. The monoisotopic (exact) mass is 413 g/mol. The number of carbonyl (C=O) groups excluding carboxylic acids is 1. The highest BCUT2D eigenvalue weighted by Gasteiger charge is 2.23. The summed E-state index contributed by atoms with van der Waals surface area (Å²) in [6.45, 7) is 5.75. The SMILES string of the molecule is COc1cccc(OCC(=O)N2CCN(c3ccnc(N4CCOCC4)n3)CC2)c1. The van der Waals surface area contributed by atoms with Crippen molar-refractivity contribution in [1.82, 2.24) is 14.9 Å². The number of carbonyl (C=O) groups is 1. The molecule has 1 amide bonds. The molecule has 1 aromatic heterocycles. The third kappa shape index (κ3) is 4.91. The van der Waals surface area contributed by atoms with E-state index in [4.69, 9.17) is 19.2 Å². The highest BCUT2D eigenvalue weighted by Crippen LogP contribution is 2.20. The maximum absolute atomic E-state index is 12.5. The Bertz CT molecular complexity index is 851. The van der Waals surface area contributed by atoms with E-state index in [0.29, 0.717) is 37.8 Å². The average molecular weight is 413 g/mol. The second kappa shape index (κ2) is 9.62. The van der Waals surface area contributed by atoms with Gasteiger partial charge in [0.15, 0.2) is 6.61 Å². The number of anilines is 2. The van der Waals surface area contributed by atoms with Crippen LogP contribution in [-0.2, 0) is 9.53 Å². The van der Waals surface area contributed by atoms with Crippen molar-refractivity contribution < 1.29 is 19.0 Å². The fourth-order valence-corrected chi connectivity index (χ4v) is 3.54. The fraction of sp³-hybridized carbons (Fsp3) is 0.476. The zero-order valence-electron chi connectivity index (χ0n) is 17.2. The van der Waals surface area contributed by atoms with Crippen LogP contribution >= 0.6 is 0 Å². The number of hydrogen-bond donors (Lipinski definition) is 0. The van der Waals surface area contributed by atoms with Crippen LogP contribution in [0.3, 0.4) is 0 Å². The minimum atomic E-state index is -0.0193. The zero-order valence-corrected chi connectivity index (χ0v) is 17.2. The highest BCUT2D eigenvalue weighted by atomic mass is 16.5. The Kier molecular flexibility index (Phi) is 6.48. The van der Waals surface area contributed by atoms with Gasteiger partial charge >= 0.3 is 0 Å². The van der Waals surface area contributed by atoms with Gasteiger partial charge in [-0.15, -0.1) is 0 Å². The quantitative estimate of drug-likeness (QED) is 0.695. The second-order valence-corrected chi connectivity index (χ2v) is 7.15. The maximum atomic E-state index is 12.5. The third-order valence-corrected chi connectivity index (χ3v) is 5.28. The summed E-state index contributed by atoms with van der Waals surface area (Å²) in [6, 6.07) is 9.18. The van der Waals surface area contributed by atoms with E-state index in [2.05, 4.69) is 14.8 Å². The first-order chi connectivity index (χ1) is 14.7. The van der Waals surface area contributed by atoms with Crippen molar-refractivity contribution in [2.45, 2.75) is 0 Å². The molecule has 0 bridgehead atoms. The van der Waals surface area contributed by atoms with Crippen LogP contribution in [0.1, 0.15) is 0 Å². The zero-order chi connectivity index (χ0) is 20.8. The molecule has 0 spiro atoms. The van der Waals surface area contributed by atoms with E-state index in [9.17, 15) is 4.79 Å². The van der Waals surface area contributed by atoms with E-state index in [1.165, 1.54) is 0 Å². The van der Waals surface area contributed by atoms with E-state index in [1.807, 2.05) is 29.2 Å². The molecule has 0 saturated carbocycles. The molecule has 0 radical (unpaired) electrons. The van der Waals surface area contributed by atoms with Crippen molar-refractivity contribution in [1.29, 1.82) is 0 Å². The van der Waals surface area contributed by atoms with Gasteiger partial charge in [-0.05, 0) is 18.2 Å². The molecule has 2 saturated heterocycles. The molecule has 3 heterocycles. The number of morpholine rings is 1. The van der Waals surface area contributed by atoms with Gasteiger partial charge in [0.25, 0.3) is 5.91 Å². The fourth-order valence-electron chi connectivity index (χ4n) is 3.54. The molecule has 160 valence electrons. The standard InChI is InChI=1S/C21H27N5O4/c1-28-17-3-2-4-18(15-17)30-16-20(27)25-9-7-24(8-10-25)19-5-6-22-21(23-19)26-11-13-29-14-12-26/h2-6,15H,7-14,16H2,1H3. The van der Waals surface area contributed by atoms with E-state index in [-0.39, 0.29) is 12.5 Å². The van der Waals surface area contributed by atoms with Crippen LogP contribution in [0.15, 0.2) is 36.5 Å². The van der Waals surface area contributed by atoms with Crippen molar-refractivity contribution in [2.75, 3.05) is 76.0 Å². The van der Waals surface area contributed by atoms with Gasteiger partial charge in [-0.3, -0.25) is 4.79 Å². The molecular formula is C21H27N5O4. The number of nitrogens with zero attached hydrogens (tertiary/aromatic N) is 5. The number of benzene rings is 1. The van der Waals surface area contributed by atoms with Crippen LogP contribution in [0.5, 0.6) is 11.5 Å². The first-order valence-electron chi connectivity index (χ1n) is 10.2. The lowest BCUT2D eigenvalue weighted by atomic mass is 10.3. The van der Waals surface area contributed by atoms with Gasteiger partial charge in [0.2, 0.25) is 5.95 Å². The number of piperazine rings is 1. The molecular weight excluding hydrogens is 386 g/mol. The molecule has 9 heteroatoms. The summed E-state index contributed by atoms with van der Waals surface area (Å²) in [5.74, 6) is 2.94. The molecule has 0 unspecified atom stereocenters. The number of hydrogen-bond acceptors (Lipinski definition) is 8. The predicted molar refractivity (Wildman–Crippen MR) is 112 cm³/mol. The molecule has 0 aliphatic carbocycles. The first kappa shape index (κ1) is 20.2. The lowest BCUT2D eigenvalue weighted by Crippen LogP contribution is -2.50. The molecule has 0 N–H and O–H groups in total. The van der Waals surface area contributed by atoms with Crippen LogP contribution in [-0.4, -0.2) is 87.0 Å². The van der Waals surface area contributed by atoms with Crippen LogP contribution in [0, 0.1) is 0 Å². The molecule has 4 rings (SSSR count). The molecule has 9 nitrogen and oxygen atoms in total. The predicted octanol–water partition coefficient (Wildman–Crippen LogP) is 1.05. The van der Waals surface area contributed by atoms with E-state index in [1.54, 1.807) is 19.4 Å². The van der Waals surface area contributed by atoms with Crippen molar-refractivity contribution in [3.05, 3.63) is 36.5 Å². The van der Waals surface area contributed by atoms with Crippen LogP contribution in [0.4, 0.5) is 11.8 Å². The number of methoxy groups -OCH3 is 1. The highest BCUT2D eigenvalue weighted by molar-refractivity contribution is 5.78. The average Bonchev–Trinajstić information content (AvgIpc) is 2.83. The lowest BCUT2D eigenvalue weighted by molar-refractivity contribution is -0.133. The summed E-state index contributed by atoms with van der Waals surface area (Å²) in [5.41, 5.74) is 0. The van der Waals surface area contributed by atoms with Gasteiger partial charge in [0.1, 0.15) is 17.3 Å². The van der Waals surface area contributed by atoms with Crippen LogP contribution in [0.2, 0.25) is 0 Å². The van der Waals surface area contributed by atoms with Gasteiger partial charge in [0.05, 0.1) is 20.3 Å². The number of ether oxygens (including phenoxy) is 3. The van der Waals surface area contributed by atoms with Crippen molar-refractivity contribution in [2.24, 2.45) is 0 Å². The summed E-state index contributed by atoms with van der Waals surface area (Å²) in [5, 5.41) is 0. The number of amides is 1. The second-order valence-electron chi connectivity index (χ2n) is 7.15. The van der Waals surface area contributed by atoms with Crippen LogP contribution in [0.25, 0.3) is 0 Å². The van der Waals surface area contributed by atoms with Crippen LogP contribution < -0.4 is 19.3 Å². The molecule has 1 aromatic carbocycles. The van der Waals surface area contributed by atoms with E-state index < -0.39 is 0 Å². The first-order valence-corrected chi connectivity index (χ1v) is 10.2. The summed E-state index contributed by atoms with van der Waals surface area (Å²) < 4.78 is 16.2. The topological polar surface area (TPSA) is 80.3 Å². The molecule has 0 atom stereocenters.